The average molecular weight is 440 g/mol. The average Bonchev–Trinajstić information content (AvgIpc) is 3.04. The third-order valence-corrected chi connectivity index (χ3v) is 4.90. The lowest BCUT2D eigenvalue weighted by molar-refractivity contribution is 0.256. The molecule has 8 heteroatoms. The summed E-state index contributed by atoms with van der Waals surface area (Å²) in [5, 5.41) is 7.25. The van der Waals surface area contributed by atoms with E-state index in [2.05, 4.69) is 26.1 Å². The quantitative estimate of drug-likeness (QED) is 0.421. The van der Waals surface area contributed by atoms with Crippen LogP contribution in [0.4, 0.5) is 26.4 Å². The molecule has 0 fully saturated rings. The van der Waals surface area contributed by atoms with Crippen LogP contribution < -0.4 is 16.4 Å². The molecule has 0 aliphatic heterocycles. The Morgan fingerprint density at radius 3 is 2.50 bits per heavy atom. The largest absolute Gasteiger partial charge is 0.382 e. The molecule has 0 radical (unpaired) electrons. The van der Waals surface area contributed by atoms with E-state index in [-0.39, 0.29) is 5.82 Å². The van der Waals surface area contributed by atoms with Crippen molar-refractivity contribution in [2.75, 3.05) is 10.6 Å². The standard InChI is InChI=1S/C20H15BrFN5O/c21-12-2-1-3-14(10-12)27(20(24)28)13-6-4-11(5-7-13)17-15(22)8-9-16-18(17)19(23)26-25-16/h1-10H,(H2,24,28)(H3,23,25,26). The van der Waals surface area contributed by atoms with E-state index in [9.17, 15) is 9.18 Å². The number of nitrogens with one attached hydrogen (secondary N) is 1. The van der Waals surface area contributed by atoms with Gasteiger partial charge in [0.25, 0.3) is 0 Å². The van der Waals surface area contributed by atoms with Crippen LogP contribution in [0.25, 0.3) is 22.0 Å². The van der Waals surface area contributed by atoms with Crippen LogP contribution in [0.1, 0.15) is 0 Å². The Balaban J connectivity index is 1.80. The first kappa shape index (κ1) is 18.0. The number of primary amides is 1. The molecule has 2 amide bonds. The predicted octanol–water partition coefficient (Wildman–Crippen LogP) is 4.93. The third-order valence-electron chi connectivity index (χ3n) is 4.41. The minimum atomic E-state index is -0.627. The molecule has 4 rings (SSSR count). The van der Waals surface area contributed by atoms with Crippen molar-refractivity contribution in [3.05, 3.63) is 71.0 Å². The number of benzene rings is 3. The number of nitrogens with zero attached hydrogens (tertiary/aromatic N) is 2. The van der Waals surface area contributed by atoms with Gasteiger partial charge in [-0.25, -0.2) is 9.18 Å². The monoisotopic (exact) mass is 439 g/mol. The van der Waals surface area contributed by atoms with E-state index in [1.807, 2.05) is 12.1 Å². The maximum Gasteiger partial charge on any atom is 0.323 e. The molecule has 0 unspecified atom stereocenters. The Bertz CT molecular complexity index is 1190. The summed E-state index contributed by atoms with van der Waals surface area (Å²) in [5.74, 6) is -0.187. The second-order valence-corrected chi connectivity index (χ2v) is 7.07. The number of rotatable bonds is 3. The van der Waals surface area contributed by atoms with Crippen LogP contribution in [-0.4, -0.2) is 16.2 Å². The number of carbonyl (C=O) groups is 1. The van der Waals surface area contributed by atoms with Gasteiger partial charge in [-0.1, -0.05) is 34.1 Å². The molecule has 0 spiro atoms. The van der Waals surface area contributed by atoms with Gasteiger partial charge in [0.1, 0.15) is 5.82 Å². The molecular weight excluding hydrogens is 425 g/mol. The van der Waals surface area contributed by atoms with Gasteiger partial charge < -0.3 is 11.5 Å². The predicted molar refractivity (Wildman–Crippen MR) is 112 cm³/mol. The number of hydrogen-bond acceptors (Lipinski definition) is 3. The number of anilines is 3. The van der Waals surface area contributed by atoms with Crippen molar-refractivity contribution in [3.8, 4) is 11.1 Å². The number of carbonyl (C=O) groups excluding carboxylic acids is 1. The number of H-pyrrole nitrogens is 1. The van der Waals surface area contributed by atoms with E-state index in [1.54, 1.807) is 42.5 Å². The second kappa shape index (κ2) is 6.97. The summed E-state index contributed by atoms with van der Waals surface area (Å²) in [6, 6.07) is 16.4. The first-order chi connectivity index (χ1) is 13.5. The van der Waals surface area contributed by atoms with Gasteiger partial charge in [-0.05, 0) is 48.0 Å². The Hall–Kier alpha value is -3.39. The molecule has 0 aliphatic carbocycles. The SMILES string of the molecule is NC(=O)N(c1ccc(-c2c(F)ccc3[nH]nc(N)c23)cc1)c1cccc(Br)c1. The molecule has 0 saturated carbocycles. The number of hydrogen-bond donors (Lipinski definition) is 3. The highest BCUT2D eigenvalue weighted by atomic mass is 79.9. The number of aromatic nitrogens is 2. The maximum atomic E-state index is 14.6. The van der Waals surface area contributed by atoms with Crippen molar-refractivity contribution in [1.29, 1.82) is 0 Å². The van der Waals surface area contributed by atoms with Gasteiger partial charge in [-0.3, -0.25) is 10.00 Å². The van der Waals surface area contributed by atoms with Crippen molar-refractivity contribution < 1.29 is 9.18 Å². The summed E-state index contributed by atoms with van der Waals surface area (Å²) < 4.78 is 15.4. The van der Waals surface area contributed by atoms with E-state index in [4.69, 9.17) is 11.5 Å². The van der Waals surface area contributed by atoms with Crippen LogP contribution in [0.5, 0.6) is 0 Å². The van der Waals surface area contributed by atoms with Crippen molar-refractivity contribution in [2.45, 2.75) is 0 Å². The molecule has 0 saturated heterocycles. The highest BCUT2D eigenvalue weighted by Gasteiger charge is 2.18. The molecule has 0 atom stereocenters. The molecular formula is C20H15BrFN5O. The number of urea groups is 1. The van der Waals surface area contributed by atoms with E-state index < -0.39 is 11.8 Å². The summed E-state index contributed by atoms with van der Waals surface area (Å²) in [4.78, 5) is 13.4. The van der Waals surface area contributed by atoms with E-state index in [0.29, 0.717) is 33.4 Å². The number of nitrogen functional groups attached to an aromatic ring is 1. The fourth-order valence-electron chi connectivity index (χ4n) is 3.19. The molecule has 1 aromatic heterocycles. The molecule has 0 aliphatic rings. The summed E-state index contributed by atoms with van der Waals surface area (Å²) in [7, 11) is 0. The van der Waals surface area contributed by atoms with E-state index in [0.717, 1.165) is 4.47 Å². The molecule has 6 nitrogen and oxygen atoms in total. The second-order valence-electron chi connectivity index (χ2n) is 6.15. The third kappa shape index (κ3) is 3.07. The number of nitrogens with two attached hydrogens (primary N) is 2. The molecule has 3 aromatic carbocycles. The molecule has 140 valence electrons. The number of fused-ring (bicyclic) bond motifs is 1. The zero-order valence-corrected chi connectivity index (χ0v) is 16.1. The van der Waals surface area contributed by atoms with Crippen LogP contribution in [0.15, 0.2) is 65.1 Å². The van der Waals surface area contributed by atoms with Crippen LogP contribution in [-0.2, 0) is 0 Å². The summed E-state index contributed by atoms with van der Waals surface area (Å²) in [5.41, 5.74) is 14.3. The summed E-state index contributed by atoms with van der Waals surface area (Å²) in [6.45, 7) is 0. The highest BCUT2D eigenvalue weighted by molar-refractivity contribution is 9.10. The van der Waals surface area contributed by atoms with E-state index in [1.165, 1.54) is 11.0 Å². The van der Waals surface area contributed by atoms with Gasteiger partial charge in [0.2, 0.25) is 0 Å². The zero-order chi connectivity index (χ0) is 19.8. The van der Waals surface area contributed by atoms with Crippen LogP contribution in [0.3, 0.4) is 0 Å². The van der Waals surface area contributed by atoms with E-state index >= 15 is 0 Å². The normalized spacial score (nSPS) is 10.9. The van der Waals surface area contributed by atoms with Crippen molar-refractivity contribution >= 4 is 50.1 Å². The lowest BCUT2D eigenvalue weighted by Crippen LogP contribution is -2.31. The fraction of sp³-hybridized carbons (Fsp3) is 0. The topological polar surface area (TPSA) is 101 Å². The Labute approximate surface area is 168 Å². The molecule has 0 bridgehead atoms. The van der Waals surface area contributed by atoms with Gasteiger partial charge in [0, 0.05) is 10.0 Å². The van der Waals surface area contributed by atoms with Crippen LogP contribution in [0.2, 0.25) is 0 Å². The van der Waals surface area contributed by atoms with Crippen LogP contribution in [0, 0.1) is 5.82 Å². The molecule has 4 aromatic rings. The zero-order valence-electron chi connectivity index (χ0n) is 14.5. The minimum Gasteiger partial charge on any atom is -0.382 e. The van der Waals surface area contributed by atoms with Crippen molar-refractivity contribution in [2.24, 2.45) is 5.73 Å². The smallest absolute Gasteiger partial charge is 0.323 e. The number of amides is 2. The minimum absolute atomic E-state index is 0.224. The maximum absolute atomic E-state index is 14.6. The Kier molecular flexibility index (Phi) is 4.48. The Morgan fingerprint density at radius 2 is 1.82 bits per heavy atom. The fourth-order valence-corrected chi connectivity index (χ4v) is 3.58. The number of aromatic amines is 1. The van der Waals surface area contributed by atoms with Gasteiger partial charge in [-0.2, -0.15) is 5.10 Å². The molecule has 1 heterocycles. The van der Waals surface area contributed by atoms with Gasteiger partial charge in [0.15, 0.2) is 5.82 Å². The highest BCUT2D eigenvalue weighted by Crippen LogP contribution is 2.35. The van der Waals surface area contributed by atoms with Crippen molar-refractivity contribution in [3.63, 3.8) is 0 Å². The van der Waals surface area contributed by atoms with Gasteiger partial charge in [-0.15, -0.1) is 0 Å². The lowest BCUT2D eigenvalue weighted by Gasteiger charge is -2.21. The first-order valence-corrected chi connectivity index (χ1v) is 9.12. The van der Waals surface area contributed by atoms with Crippen LogP contribution >= 0.6 is 15.9 Å². The summed E-state index contributed by atoms with van der Waals surface area (Å²) in [6.07, 6.45) is 0. The Morgan fingerprint density at radius 1 is 1.07 bits per heavy atom. The first-order valence-electron chi connectivity index (χ1n) is 8.33. The number of halogens is 2. The molecule has 5 N–H and O–H groups in total. The lowest BCUT2D eigenvalue weighted by atomic mass is 10.00. The van der Waals surface area contributed by atoms with Crippen molar-refractivity contribution in [1.82, 2.24) is 10.2 Å². The van der Waals surface area contributed by atoms with Gasteiger partial charge >= 0.3 is 6.03 Å². The summed E-state index contributed by atoms with van der Waals surface area (Å²) >= 11 is 3.39. The molecule has 28 heavy (non-hydrogen) atoms. The van der Waals surface area contributed by atoms with Gasteiger partial charge in [0.05, 0.1) is 22.3 Å².